The van der Waals surface area contributed by atoms with E-state index in [0.717, 1.165) is 23.5 Å². The lowest BCUT2D eigenvalue weighted by Crippen LogP contribution is -1.94. The highest BCUT2D eigenvalue weighted by atomic mass is 16.1. The highest BCUT2D eigenvalue weighted by Crippen LogP contribution is 2.14. The van der Waals surface area contributed by atoms with Crippen LogP contribution < -0.4 is 5.32 Å². The number of nitrogens with zero attached hydrogens (tertiary/aromatic N) is 2. The number of benzene rings is 1. The van der Waals surface area contributed by atoms with Gasteiger partial charge in [0.1, 0.15) is 12.1 Å². The van der Waals surface area contributed by atoms with Crippen LogP contribution in [-0.4, -0.2) is 16.3 Å². The van der Waals surface area contributed by atoms with Crippen LogP contribution in [0.1, 0.15) is 16.2 Å². The lowest BCUT2D eigenvalue weighted by molar-refractivity contribution is 0.112. The number of aldehydes is 1. The molecule has 0 saturated carbocycles. The molecule has 0 fully saturated rings. The van der Waals surface area contributed by atoms with Gasteiger partial charge in [-0.1, -0.05) is 0 Å². The van der Waals surface area contributed by atoms with Gasteiger partial charge in [-0.05, 0) is 31.2 Å². The third-order valence-electron chi connectivity index (χ3n) is 2.12. The number of rotatable bonds is 3. The summed E-state index contributed by atoms with van der Waals surface area (Å²) in [6.07, 6.45) is 4.25. The smallest absolute Gasteiger partial charge is 0.150 e. The Morgan fingerprint density at radius 1 is 1.06 bits per heavy atom. The van der Waals surface area contributed by atoms with Gasteiger partial charge < -0.3 is 5.32 Å². The molecule has 1 N–H and O–H groups in total. The summed E-state index contributed by atoms with van der Waals surface area (Å²) in [5.41, 5.74) is 2.38. The average Bonchev–Trinajstić information content (AvgIpc) is 2.33. The molecule has 1 aromatic heterocycles. The molecule has 0 amide bonds. The number of hydrogen-bond donors (Lipinski definition) is 1. The number of aromatic nitrogens is 2. The van der Waals surface area contributed by atoms with Gasteiger partial charge >= 0.3 is 0 Å². The molecule has 0 aliphatic carbocycles. The quantitative estimate of drug-likeness (QED) is 0.795. The summed E-state index contributed by atoms with van der Waals surface area (Å²) in [5.74, 6) is 0.738. The molecule has 1 heterocycles. The van der Waals surface area contributed by atoms with Crippen LogP contribution in [0.3, 0.4) is 0 Å². The van der Waals surface area contributed by atoms with Crippen LogP contribution in [-0.2, 0) is 0 Å². The van der Waals surface area contributed by atoms with E-state index in [4.69, 9.17) is 0 Å². The molecule has 0 unspecified atom stereocenters. The highest BCUT2D eigenvalue weighted by Gasteiger charge is 1.96. The second-order valence-corrected chi connectivity index (χ2v) is 3.38. The van der Waals surface area contributed by atoms with Crippen LogP contribution in [0.4, 0.5) is 11.4 Å². The van der Waals surface area contributed by atoms with Crippen molar-refractivity contribution < 1.29 is 4.79 Å². The van der Waals surface area contributed by atoms with Gasteiger partial charge in [-0.3, -0.25) is 4.79 Å². The lowest BCUT2D eigenvalue weighted by atomic mass is 10.2. The minimum atomic E-state index is 0.658. The number of carbonyl (C=O) groups is 1. The van der Waals surface area contributed by atoms with Gasteiger partial charge in [0.25, 0.3) is 0 Å². The van der Waals surface area contributed by atoms with Crippen LogP contribution >= 0.6 is 0 Å². The molecule has 80 valence electrons. The van der Waals surface area contributed by atoms with Gasteiger partial charge in [0, 0.05) is 11.3 Å². The van der Waals surface area contributed by atoms with Gasteiger partial charge in [-0.2, -0.15) is 0 Å². The number of hydrogen-bond acceptors (Lipinski definition) is 4. The van der Waals surface area contributed by atoms with Crippen LogP contribution in [0.2, 0.25) is 0 Å². The van der Waals surface area contributed by atoms with Crippen molar-refractivity contribution in [1.29, 1.82) is 0 Å². The maximum Gasteiger partial charge on any atom is 0.150 e. The zero-order valence-corrected chi connectivity index (χ0v) is 8.84. The standard InChI is InChI=1S/C12H11N3O/c1-9-13-6-12(7-14-9)15-11-4-2-10(8-16)3-5-11/h2-8,15H,1H3. The van der Waals surface area contributed by atoms with Gasteiger partial charge in [0.15, 0.2) is 0 Å². The van der Waals surface area contributed by atoms with E-state index in [1.165, 1.54) is 0 Å². The lowest BCUT2D eigenvalue weighted by Gasteiger charge is -2.05. The first-order valence-corrected chi connectivity index (χ1v) is 4.89. The maximum atomic E-state index is 10.5. The van der Waals surface area contributed by atoms with Crippen molar-refractivity contribution in [3.05, 3.63) is 48.0 Å². The molecule has 0 aliphatic heterocycles. The first-order valence-electron chi connectivity index (χ1n) is 4.89. The van der Waals surface area contributed by atoms with E-state index in [9.17, 15) is 4.79 Å². The summed E-state index contributed by atoms with van der Waals surface area (Å²) in [6, 6.07) is 7.18. The van der Waals surface area contributed by atoms with Crippen molar-refractivity contribution in [3.8, 4) is 0 Å². The first kappa shape index (κ1) is 10.3. The second-order valence-electron chi connectivity index (χ2n) is 3.38. The van der Waals surface area contributed by atoms with Crippen molar-refractivity contribution in [2.24, 2.45) is 0 Å². The summed E-state index contributed by atoms with van der Waals surface area (Å²) < 4.78 is 0. The summed E-state index contributed by atoms with van der Waals surface area (Å²) in [5, 5.41) is 3.14. The van der Waals surface area contributed by atoms with E-state index in [-0.39, 0.29) is 0 Å². The Morgan fingerprint density at radius 2 is 1.69 bits per heavy atom. The Kier molecular flexibility index (Phi) is 2.91. The normalized spacial score (nSPS) is 9.81. The van der Waals surface area contributed by atoms with Crippen LogP contribution in [0.25, 0.3) is 0 Å². The van der Waals surface area contributed by atoms with Crippen LogP contribution in [0.5, 0.6) is 0 Å². The molecule has 0 radical (unpaired) electrons. The largest absolute Gasteiger partial charge is 0.353 e. The van der Waals surface area contributed by atoms with E-state index in [0.29, 0.717) is 5.56 Å². The minimum absolute atomic E-state index is 0.658. The monoisotopic (exact) mass is 213 g/mol. The molecule has 16 heavy (non-hydrogen) atoms. The number of carbonyl (C=O) groups excluding carboxylic acids is 1. The fourth-order valence-electron chi connectivity index (χ4n) is 1.27. The molecule has 4 nitrogen and oxygen atoms in total. The highest BCUT2D eigenvalue weighted by molar-refractivity contribution is 5.76. The summed E-state index contributed by atoms with van der Waals surface area (Å²) >= 11 is 0. The van der Waals surface area contributed by atoms with E-state index in [1.54, 1.807) is 24.5 Å². The Labute approximate surface area is 93.4 Å². The summed E-state index contributed by atoms with van der Waals surface area (Å²) in [4.78, 5) is 18.6. The first-order chi connectivity index (χ1) is 7.78. The predicted molar refractivity (Wildman–Crippen MR) is 61.9 cm³/mol. The maximum absolute atomic E-state index is 10.5. The van der Waals surface area contributed by atoms with Crippen LogP contribution in [0, 0.1) is 6.92 Å². The van der Waals surface area contributed by atoms with E-state index in [1.807, 2.05) is 19.1 Å². The molecule has 0 spiro atoms. The number of anilines is 2. The molecule has 2 rings (SSSR count). The summed E-state index contributed by atoms with van der Waals surface area (Å²) in [7, 11) is 0. The SMILES string of the molecule is Cc1ncc(Nc2ccc(C=O)cc2)cn1. The molecule has 0 aliphatic rings. The Morgan fingerprint density at radius 3 is 2.25 bits per heavy atom. The zero-order chi connectivity index (χ0) is 11.4. The molecular weight excluding hydrogens is 202 g/mol. The Balaban J connectivity index is 2.14. The number of nitrogens with one attached hydrogen (secondary N) is 1. The third-order valence-corrected chi connectivity index (χ3v) is 2.12. The van der Waals surface area contributed by atoms with E-state index >= 15 is 0 Å². The Bertz CT molecular complexity index is 477. The van der Waals surface area contributed by atoms with Crippen LogP contribution in [0.15, 0.2) is 36.7 Å². The second kappa shape index (κ2) is 4.53. The fraction of sp³-hybridized carbons (Fsp3) is 0.0833. The fourth-order valence-corrected chi connectivity index (χ4v) is 1.27. The van der Waals surface area contributed by atoms with E-state index < -0.39 is 0 Å². The topological polar surface area (TPSA) is 54.9 Å². The van der Waals surface area contributed by atoms with Crippen molar-refractivity contribution in [2.45, 2.75) is 6.92 Å². The predicted octanol–water partition coefficient (Wildman–Crippen LogP) is 2.34. The average molecular weight is 213 g/mol. The summed E-state index contributed by atoms with van der Waals surface area (Å²) in [6.45, 7) is 1.84. The number of aryl methyl sites for hydroxylation is 1. The molecule has 0 bridgehead atoms. The van der Waals surface area contributed by atoms with Crippen molar-refractivity contribution >= 4 is 17.7 Å². The van der Waals surface area contributed by atoms with Crippen molar-refractivity contribution in [1.82, 2.24) is 9.97 Å². The third kappa shape index (κ3) is 2.42. The Hall–Kier alpha value is -2.23. The van der Waals surface area contributed by atoms with Gasteiger partial charge in [0.2, 0.25) is 0 Å². The van der Waals surface area contributed by atoms with Gasteiger partial charge in [0.05, 0.1) is 18.1 Å². The molecule has 0 saturated heterocycles. The molecular formula is C12H11N3O. The van der Waals surface area contributed by atoms with E-state index in [2.05, 4.69) is 15.3 Å². The molecule has 2 aromatic rings. The van der Waals surface area contributed by atoms with Crippen molar-refractivity contribution in [3.63, 3.8) is 0 Å². The molecule has 4 heteroatoms. The van der Waals surface area contributed by atoms with Crippen molar-refractivity contribution in [2.75, 3.05) is 5.32 Å². The molecule has 1 aromatic carbocycles. The van der Waals surface area contributed by atoms with Gasteiger partial charge in [-0.25, -0.2) is 9.97 Å². The van der Waals surface area contributed by atoms with Gasteiger partial charge in [-0.15, -0.1) is 0 Å². The zero-order valence-electron chi connectivity index (χ0n) is 8.84. The minimum Gasteiger partial charge on any atom is -0.353 e. The molecule has 0 atom stereocenters.